The highest BCUT2D eigenvalue weighted by Gasteiger charge is 2.40. The molecule has 192 valence electrons. The fourth-order valence-corrected chi connectivity index (χ4v) is 6.17. The fourth-order valence-electron chi connectivity index (χ4n) is 5.50. The predicted octanol–water partition coefficient (Wildman–Crippen LogP) is 7.44. The van der Waals surface area contributed by atoms with E-state index in [-0.39, 0.29) is 11.5 Å². The standard InChI is InChI=1S/C30H37NO4S/c1-19(28(32)33)30(5)13-7-8-21-10-11-22(15-25(21)30)35-17-20-9-12-23(26-16-31-18-36-26)24(14-20)27(34-6)29(2,3)4/h9-12,14-16,18-19,27H,7-8,13,17H2,1-6H3,(H,32,33)/t19?,27-,30+/m1/s1. The second-order valence-corrected chi connectivity index (χ2v) is 12.1. The van der Waals surface area contributed by atoms with E-state index in [9.17, 15) is 9.90 Å². The van der Waals surface area contributed by atoms with Crippen LogP contribution in [-0.2, 0) is 28.0 Å². The molecule has 0 fully saturated rings. The van der Waals surface area contributed by atoms with Gasteiger partial charge in [0.1, 0.15) is 12.4 Å². The summed E-state index contributed by atoms with van der Waals surface area (Å²) in [4.78, 5) is 17.2. The molecule has 0 saturated carbocycles. The van der Waals surface area contributed by atoms with Gasteiger partial charge in [0.2, 0.25) is 0 Å². The van der Waals surface area contributed by atoms with Crippen molar-refractivity contribution in [1.82, 2.24) is 4.98 Å². The number of aromatic nitrogens is 1. The summed E-state index contributed by atoms with van der Waals surface area (Å²) in [5.74, 6) is -0.444. The lowest BCUT2D eigenvalue weighted by Crippen LogP contribution is -2.38. The van der Waals surface area contributed by atoms with E-state index >= 15 is 0 Å². The minimum Gasteiger partial charge on any atom is -0.489 e. The summed E-state index contributed by atoms with van der Waals surface area (Å²) in [5.41, 5.74) is 7.02. The van der Waals surface area contributed by atoms with Crippen LogP contribution in [0.15, 0.2) is 48.1 Å². The van der Waals surface area contributed by atoms with Gasteiger partial charge in [0.15, 0.2) is 0 Å². The Hall–Kier alpha value is -2.70. The number of hydrogen-bond donors (Lipinski definition) is 1. The molecule has 2 aromatic carbocycles. The first-order valence-corrected chi connectivity index (χ1v) is 13.5. The highest BCUT2D eigenvalue weighted by Crippen LogP contribution is 2.45. The number of rotatable bonds is 8. The summed E-state index contributed by atoms with van der Waals surface area (Å²) < 4.78 is 12.3. The van der Waals surface area contributed by atoms with Crippen LogP contribution in [0.2, 0.25) is 0 Å². The molecule has 1 unspecified atom stereocenters. The number of nitrogens with zero attached hydrogens (tertiary/aromatic N) is 1. The number of benzene rings is 2. The summed E-state index contributed by atoms with van der Waals surface area (Å²) in [7, 11) is 1.76. The summed E-state index contributed by atoms with van der Waals surface area (Å²) in [5, 5.41) is 9.74. The van der Waals surface area contributed by atoms with Gasteiger partial charge in [0.05, 0.1) is 22.4 Å². The third kappa shape index (κ3) is 5.21. The van der Waals surface area contributed by atoms with Crippen LogP contribution in [0.4, 0.5) is 0 Å². The first-order chi connectivity index (χ1) is 17.0. The lowest BCUT2D eigenvalue weighted by atomic mass is 9.64. The quantitative estimate of drug-likeness (QED) is 0.343. The lowest BCUT2D eigenvalue weighted by molar-refractivity contribution is -0.143. The third-order valence-electron chi connectivity index (χ3n) is 7.69. The van der Waals surface area contributed by atoms with Gasteiger partial charge in [-0.15, -0.1) is 11.3 Å². The number of hydrogen-bond acceptors (Lipinski definition) is 5. The van der Waals surface area contributed by atoms with Gasteiger partial charge >= 0.3 is 5.97 Å². The van der Waals surface area contributed by atoms with E-state index in [0.717, 1.165) is 52.1 Å². The van der Waals surface area contributed by atoms with Crippen molar-refractivity contribution in [3.63, 3.8) is 0 Å². The molecule has 1 heterocycles. The lowest BCUT2D eigenvalue weighted by Gasteiger charge is -2.39. The van der Waals surface area contributed by atoms with Gasteiger partial charge in [-0.25, -0.2) is 0 Å². The number of methoxy groups -OCH3 is 1. The second-order valence-electron chi connectivity index (χ2n) is 11.2. The number of aliphatic carboxylic acids is 1. The molecule has 0 saturated heterocycles. The summed E-state index contributed by atoms with van der Waals surface area (Å²) in [6.45, 7) is 10.9. The van der Waals surface area contributed by atoms with Crippen LogP contribution in [0, 0.1) is 11.3 Å². The largest absolute Gasteiger partial charge is 0.489 e. The van der Waals surface area contributed by atoms with Crippen LogP contribution in [0.3, 0.4) is 0 Å². The van der Waals surface area contributed by atoms with Crippen LogP contribution in [-0.4, -0.2) is 23.2 Å². The first kappa shape index (κ1) is 26.4. The number of thiazole rings is 1. The Morgan fingerprint density at radius 3 is 2.64 bits per heavy atom. The van der Waals surface area contributed by atoms with Crippen LogP contribution in [0.25, 0.3) is 10.4 Å². The van der Waals surface area contributed by atoms with Crippen molar-refractivity contribution in [2.45, 2.75) is 72.0 Å². The molecular weight excluding hydrogens is 470 g/mol. The molecule has 1 aliphatic carbocycles. The predicted molar refractivity (Wildman–Crippen MR) is 145 cm³/mol. The van der Waals surface area contributed by atoms with E-state index in [2.05, 4.69) is 63.0 Å². The molecule has 3 aromatic rings. The summed E-state index contributed by atoms with van der Waals surface area (Å²) >= 11 is 1.62. The van der Waals surface area contributed by atoms with Crippen LogP contribution < -0.4 is 4.74 Å². The van der Waals surface area contributed by atoms with Gasteiger partial charge < -0.3 is 14.6 Å². The molecule has 4 rings (SSSR count). The highest BCUT2D eigenvalue weighted by atomic mass is 32.1. The Labute approximate surface area is 218 Å². The molecule has 1 N–H and O–H groups in total. The molecule has 0 bridgehead atoms. The van der Waals surface area contributed by atoms with Crippen molar-refractivity contribution in [3.8, 4) is 16.2 Å². The normalized spacial score (nSPS) is 19.4. The maximum Gasteiger partial charge on any atom is 0.307 e. The molecule has 3 atom stereocenters. The second kappa shape index (κ2) is 10.3. The maximum absolute atomic E-state index is 11.9. The number of carboxylic acid groups (broad SMARTS) is 1. The maximum atomic E-state index is 11.9. The van der Waals surface area contributed by atoms with Crippen LogP contribution >= 0.6 is 11.3 Å². The number of aryl methyl sites for hydroxylation is 1. The average Bonchev–Trinajstić information content (AvgIpc) is 3.37. The number of carbonyl (C=O) groups is 1. The first-order valence-electron chi connectivity index (χ1n) is 12.6. The molecular formula is C30H37NO4S. The molecule has 36 heavy (non-hydrogen) atoms. The van der Waals surface area contributed by atoms with Crippen molar-refractivity contribution in [2.24, 2.45) is 11.3 Å². The van der Waals surface area contributed by atoms with Crippen molar-refractivity contribution < 1.29 is 19.4 Å². The zero-order valence-electron chi connectivity index (χ0n) is 22.1. The summed E-state index contributed by atoms with van der Waals surface area (Å²) in [6.07, 6.45) is 4.66. The minimum atomic E-state index is -0.753. The average molecular weight is 508 g/mol. The van der Waals surface area contributed by atoms with Crippen molar-refractivity contribution >= 4 is 17.3 Å². The Kier molecular flexibility index (Phi) is 7.58. The molecule has 5 nitrogen and oxygen atoms in total. The zero-order chi connectivity index (χ0) is 26.1. The smallest absolute Gasteiger partial charge is 0.307 e. The minimum absolute atomic E-state index is 0.0859. The van der Waals surface area contributed by atoms with E-state index in [0.29, 0.717) is 6.61 Å². The van der Waals surface area contributed by atoms with Crippen LogP contribution in [0.5, 0.6) is 5.75 Å². The van der Waals surface area contributed by atoms with Gasteiger partial charge in [0, 0.05) is 18.7 Å². The van der Waals surface area contributed by atoms with Gasteiger partial charge in [-0.05, 0) is 70.7 Å². The van der Waals surface area contributed by atoms with E-state index in [4.69, 9.17) is 9.47 Å². The van der Waals surface area contributed by atoms with Gasteiger partial charge in [0.25, 0.3) is 0 Å². The Balaban J connectivity index is 1.63. The van der Waals surface area contributed by atoms with Crippen LogP contribution in [0.1, 0.15) is 75.8 Å². The molecule has 6 heteroatoms. The number of carboxylic acids is 1. The van der Waals surface area contributed by atoms with E-state index < -0.39 is 17.3 Å². The molecule has 0 radical (unpaired) electrons. The molecule has 0 spiro atoms. The van der Waals surface area contributed by atoms with E-state index in [1.807, 2.05) is 24.7 Å². The number of ether oxygens (including phenoxy) is 2. The SMILES string of the molecule is CO[C@H](c1cc(COc2ccc3c(c2)[C@](C)(C(C)C(=O)O)CCC3)ccc1-c1cncs1)C(C)(C)C. The zero-order valence-corrected chi connectivity index (χ0v) is 22.9. The Morgan fingerprint density at radius 1 is 1.22 bits per heavy atom. The topological polar surface area (TPSA) is 68.7 Å². The van der Waals surface area contributed by atoms with E-state index in [1.54, 1.807) is 18.4 Å². The molecule has 1 aliphatic rings. The Morgan fingerprint density at radius 2 is 2.00 bits per heavy atom. The molecule has 0 aliphatic heterocycles. The van der Waals surface area contributed by atoms with E-state index in [1.165, 1.54) is 5.56 Å². The molecule has 0 amide bonds. The van der Waals surface area contributed by atoms with Gasteiger partial charge in [-0.2, -0.15) is 0 Å². The van der Waals surface area contributed by atoms with Crippen molar-refractivity contribution in [2.75, 3.05) is 7.11 Å². The summed E-state index contributed by atoms with van der Waals surface area (Å²) in [6, 6.07) is 12.6. The highest BCUT2D eigenvalue weighted by molar-refractivity contribution is 7.13. The third-order valence-corrected chi connectivity index (χ3v) is 8.50. The Bertz CT molecular complexity index is 1210. The fraction of sp³-hybridized carbons (Fsp3) is 0.467. The molecule has 1 aromatic heterocycles. The van der Waals surface area contributed by atoms with Gasteiger partial charge in [-0.3, -0.25) is 9.78 Å². The van der Waals surface area contributed by atoms with Gasteiger partial charge in [-0.1, -0.05) is 52.8 Å². The monoisotopic (exact) mass is 507 g/mol. The van der Waals surface area contributed by atoms with Crippen molar-refractivity contribution in [1.29, 1.82) is 0 Å². The number of fused-ring (bicyclic) bond motifs is 1. The van der Waals surface area contributed by atoms with Crippen molar-refractivity contribution in [3.05, 3.63) is 70.4 Å².